The lowest BCUT2D eigenvalue weighted by atomic mass is 10.0. The second-order valence-electron chi connectivity index (χ2n) is 34.4. The number of aromatic nitrogens is 26. The minimum atomic E-state index is -0.432. The second-order valence-corrected chi connectivity index (χ2v) is 34.4. The van der Waals surface area contributed by atoms with Gasteiger partial charge in [0.15, 0.2) is 23.3 Å². The van der Waals surface area contributed by atoms with Crippen molar-refractivity contribution >= 4 is 123 Å². The summed E-state index contributed by atoms with van der Waals surface area (Å²) in [5, 5.41) is 42.4. The molecule has 0 fully saturated rings. The van der Waals surface area contributed by atoms with Gasteiger partial charge in [0, 0.05) is 176 Å². The van der Waals surface area contributed by atoms with Crippen molar-refractivity contribution in [1.29, 1.82) is 0 Å². The molecule has 0 aliphatic rings. The maximum atomic E-state index is 14.5. The first-order valence-corrected chi connectivity index (χ1v) is 45.6. The van der Waals surface area contributed by atoms with Crippen molar-refractivity contribution < 1.29 is 31.9 Å². The summed E-state index contributed by atoms with van der Waals surface area (Å²) >= 11 is 0. The van der Waals surface area contributed by atoms with E-state index < -0.39 is 11.6 Å². The second kappa shape index (κ2) is 39.3. The average molecular weight is 1910 g/mol. The van der Waals surface area contributed by atoms with Crippen LogP contribution in [0.4, 0.5) is 34.6 Å². The van der Waals surface area contributed by atoms with Crippen molar-refractivity contribution in [1.82, 2.24) is 135 Å². The molecule has 0 spiro atoms. The quantitative estimate of drug-likeness (QED) is 0.0316. The molecule has 0 aliphatic carbocycles. The van der Waals surface area contributed by atoms with Crippen molar-refractivity contribution in [3.63, 3.8) is 0 Å². The fraction of sp³-hybridized carbons (Fsp3) is 0.0935. The predicted octanol–water partition coefficient (Wildman–Crippen LogP) is 21.6. The Hall–Kier alpha value is -19.3. The third-order valence-electron chi connectivity index (χ3n) is 23.9. The Bertz CT molecular complexity index is 8790. The average Bonchev–Trinajstić information content (AvgIpc) is 1.62. The molecule has 0 unspecified atom stereocenters. The molecule has 6 aromatic carbocycles. The first-order valence-electron chi connectivity index (χ1n) is 45.6. The Balaban J connectivity index is 0.000000113. The van der Waals surface area contributed by atoms with E-state index in [4.69, 9.17) is 19.9 Å². The lowest BCUT2D eigenvalue weighted by molar-refractivity contribution is -0.119. The van der Waals surface area contributed by atoms with Gasteiger partial charge in [-0.1, -0.05) is 82.3 Å². The molecule has 0 atom stereocenters. The van der Waals surface area contributed by atoms with E-state index >= 15 is 0 Å². The van der Waals surface area contributed by atoms with Crippen LogP contribution in [0.1, 0.15) is 46.1 Å². The Morgan fingerprint density at radius 2 is 0.646 bits per heavy atom. The van der Waals surface area contributed by atoms with Crippen LogP contribution in [0.15, 0.2) is 282 Å². The maximum absolute atomic E-state index is 14.5. The molecule has 144 heavy (non-hydrogen) atoms. The molecule has 0 saturated carbocycles. The van der Waals surface area contributed by atoms with Crippen LogP contribution in [-0.4, -0.2) is 167 Å². The number of nitrogens with one attached hydrogen (secondary N) is 11. The van der Waals surface area contributed by atoms with Gasteiger partial charge in [-0.15, -0.1) is 0 Å². The molecule has 11 N–H and O–H groups in total. The standard InChI is InChI=1S/C28H22FN7O.C27H20FN7O.C26H19FN8O.C26H21FN8/c1-15(2)28(37)32-18-9-17(11-30-12-18)16-7-8-23-20(10-16)26(36-35-23)27-33-24-14-31-13-21(25(24)34-27)19-5-3-4-6-22(19)29;1-2-24(36)31-19-9-17(11-29-12-19)15-6-7-22-20(10-15)26(35-34-22)27-32-23-14-30-13-21(25(23)33-27)16-4-3-5-18(28)8-16;1-2-23(36)31-18-6-15(8-29-11-18)14-3-4-21-19(7-14)25(35-34-21)26-32-22-13-30-12-20(24(22)33-26)16-5-17(27)10-28-9-16;1-35(2)14-15-5-17(9-28-8-15)16-3-4-22-20(7-16)25(34-33-22)26-31-23-13-30-12-21(24(23)32-26)18-6-19(27)11-29-10-18/h3-15H,1-2H3,(H,32,37)(H,33,34)(H,35,36);3-14H,2H2,1H3,(H,31,36)(H,32,33)(H,34,35);3-13H,2H2,1H3,(H,31,36)(H,32,33)(H,34,35);3-13H,14H2,1-2H3,(H,31,32)(H,33,34). The van der Waals surface area contributed by atoms with Crippen molar-refractivity contribution in [2.75, 3.05) is 30.0 Å². The lowest BCUT2D eigenvalue weighted by Crippen LogP contribution is -2.17. The molecule has 706 valence electrons. The van der Waals surface area contributed by atoms with Crippen LogP contribution in [0, 0.1) is 29.2 Å². The highest BCUT2D eigenvalue weighted by molar-refractivity contribution is 6.05. The highest BCUT2D eigenvalue weighted by atomic mass is 19.1. The molecule has 18 heterocycles. The van der Waals surface area contributed by atoms with Gasteiger partial charge < -0.3 is 40.8 Å². The van der Waals surface area contributed by atoms with Crippen LogP contribution < -0.4 is 16.0 Å². The van der Waals surface area contributed by atoms with Gasteiger partial charge in [0.05, 0.1) is 122 Å². The van der Waals surface area contributed by atoms with Gasteiger partial charge in [-0.2, -0.15) is 20.4 Å². The number of nitrogens with zero attached hydrogens (tertiary/aromatic N) is 19. The van der Waals surface area contributed by atoms with Gasteiger partial charge >= 0.3 is 0 Å². The number of anilines is 3. The van der Waals surface area contributed by atoms with Crippen LogP contribution in [0.2, 0.25) is 0 Å². The summed E-state index contributed by atoms with van der Waals surface area (Å²) in [4.78, 5) is 113. The highest BCUT2D eigenvalue weighted by Crippen LogP contribution is 2.41. The van der Waals surface area contributed by atoms with Crippen molar-refractivity contribution in [3.05, 3.63) is 310 Å². The summed E-state index contributed by atoms with van der Waals surface area (Å²) in [6.07, 6.45) is 33.5. The minimum Gasteiger partial charge on any atom is -0.335 e. The fourth-order valence-corrected chi connectivity index (χ4v) is 16.8. The number of pyridine rings is 10. The van der Waals surface area contributed by atoms with Crippen LogP contribution in [0.5, 0.6) is 0 Å². The summed E-state index contributed by atoms with van der Waals surface area (Å²) in [5.41, 5.74) is 26.9. The third-order valence-corrected chi connectivity index (χ3v) is 23.9. The minimum absolute atomic E-state index is 0.0688. The molecule has 0 saturated heterocycles. The van der Waals surface area contributed by atoms with Crippen molar-refractivity contribution in [2.24, 2.45) is 5.92 Å². The van der Waals surface area contributed by atoms with Gasteiger partial charge in [0.2, 0.25) is 17.7 Å². The Labute approximate surface area is 814 Å². The molecule has 18 aromatic heterocycles. The van der Waals surface area contributed by atoms with Gasteiger partial charge in [0.25, 0.3) is 0 Å². The predicted molar refractivity (Wildman–Crippen MR) is 545 cm³/mol. The topological polar surface area (TPSA) is 449 Å². The maximum Gasteiger partial charge on any atom is 0.226 e. The number of halogens is 4. The van der Waals surface area contributed by atoms with Gasteiger partial charge in [0.1, 0.15) is 62.6 Å². The number of hydrogen-bond acceptors (Lipinski definition) is 22. The molecular formula is C107H82F4N30O3. The Morgan fingerprint density at radius 3 is 1.02 bits per heavy atom. The first kappa shape index (κ1) is 91.1. The number of benzene rings is 6. The largest absolute Gasteiger partial charge is 0.335 e. The molecule has 33 nitrogen and oxygen atoms in total. The van der Waals surface area contributed by atoms with Gasteiger partial charge in [-0.05, 0) is 151 Å². The Kier molecular flexibility index (Phi) is 24.8. The molecule has 0 radical (unpaired) electrons. The molecule has 24 aromatic rings. The van der Waals surface area contributed by atoms with E-state index in [1.54, 1.807) is 137 Å². The van der Waals surface area contributed by atoms with E-state index in [9.17, 15) is 31.9 Å². The number of aromatic amines is 8. The summed E-state index contributed by atoms with van der Waals surface area (Å²) in [5.74, 6) is 0.413. The van der Waals surface area contributed by atoms with E-state index in [0.29, 0.717) is 148 Å². The summed E-state index contributed by atoms with van der Waals surface area (Å²) < 4.78 is 56.0. The highest BCUT2D eigenvalue weighted by Gasteiger charge is 2.25. The number of amides is 3. The van der Waals surface area contributed by atoms with Crippen molar-refractivity contribution in [3.8, 4) is 135 Å². The third kappa shape index (κ3) is 18.9. The summed E-state index contributed by atoms with van der Waals surface area (Å²) in [6.45, 7) is 8.10. The monoisotopic (exact) mass is 1910 g/mol. The molecule has 3 amide bonds. The number of imidazole rings is 4. The van der Waals surface area contributed by atoms with Crippen LogP contribution in [0.25, 0.3) is 223 Å². The van der Waals surface area contributed by atoms with E-state index in [1.807, 2.05) is 125 Å². The number of H-pyrrole nitrogens is 8. The SMILES string of the molecule is CC(C)C(=O)Nc1cncc(-c2ccc3[nH]nc(-c4nc5c(-c6ccccc6F)cncc5[nH]4)c3c2)c1.CCC(=O)Nc1cncc(-c2ccc3[nH]nc(-c4nc5c(-c6cccc(F)c6)cncc5[nH]4)c3c2)c1.CCC(=O)Nc1cncc(-c2ccc3[nH]nc(-c4nc5c(-c6cncc(F)c6)cncc5[nH]4)c3c2)c1.CN(C)Cc1cncc(-c2ccc3[nH]nc(-c4nc5c(-c6cncc(F)c6)cncc5[nH]4)c3c2)c1. The number of hydrogen-bond donors (Lipinski definition) is 11. The number of carbonyl (C=O) groups excluding carboxylic acids is 3. The van der Waals surface area contributed by atoms with Gasteiger partial charge in [-0.3, -0.25) is 84.6 Å². The summed E-state index contributed by atoms with van der Waals surface area (Å²) in [7, 11) is 4.07. The molecular weight excluding hydrogens is 1830 g/mol. The molecule has 0 aliphatic heterocycles. The molecule has 37 heteroatoms. The first-order chi connectivity index (χ1) is 70.2. The van der Waals surface area contributed by atoms with Gasteiger partial charge in [-0.25, -0.2) is 37.5 Å². The molecule has 0 bridgehead atoms. The zero-order chi connectivity index (χ0) is 98.8. The van der Waals surface area contributed by atoms with E-state index in [0.717, 1.165) is 123 Å². The normalized spacial score (nSPS) is 11.4. The summed E-state index contributed by atoms with van der Waals surface area (Å²) in [6, 6.07) is 47.5. The van der Waals surface area contributed by atoms with Crippen molar-refractivity contribution in [2.45, 2.75) is 47.1 Å². The van der Waals surface area contributed by atoms with E-state index in [1.165, 1.54) is 36.5 Å². The van der Waals surface area contributed by atoms with E-state index in [2.05, 4.69) is 150 Å². The van der Waals surface area contributed by atoms with E-state index in [-0.39, 0.29) is 35.3 Å². The van der Waals surface area contributed by atoms with Crippen LogP contribution >= 0.6 is 0 Å². The smallest absolute Gasteiger partial charge is 0.226 e. The zero-order valence-corrected chi connectivity index (χ0v) is 77.5. The number of rotatable bonds is 20. The zero-order valence-electron chi connectivity index (χ0n) is 77.5. The lowest BCUT2D eigenvalue weighted by Gasteiger charge is -2.10. The fourth-order valence-electron chi connectivity index (χ4n) is 16.8. The van der Waals surface area contributed by atoms with Crippen LogP contribution in [0.3, 0.4) is 0 Å². The number of fused-ring (bicyclic) bond motifs is 8. The van der Waals surface area contributed by atoms with Crippen LogP contribution in [-0.2, 0) is 20.9 Å². The molecule has 24 rings (SSSR count). The Morgan fingerprint density at radius 1 is 0.306 bits per heavy atom. The number of carbonyl (C=O) groups is 3.